The molecular formula is C23H35FN4O4. The molecule has 178 valence electrons. The minimum absolute atomic E-state index is 0.0203. The zero-order valence-corrected chi connectivity index (χ0v) is 19.5. The van der Waals surface area contributed by atoms with E-state index in [1.807, 2.05) is 20.8 Å². The molecule has 1 aromatic carbocycles. The summed E-state index contributed by atoms with van der Waals surface area (Å²) in [6.45, 7) is 7.79. The van der Waals surface area contributed by atoms with Crippen molar-refractivity contribution in [3.8, 4) is 0 Å². The van der Waals surface area contributed by atoms with Gasteiger partial charge >= 0.3 is 6.09 Å². The lowest BCUT2D eigenvalue weighted by atomic mass is 9.97. The Labute approximate surface area is 189 Å². The molecule has 0 spiro atoms. The van der Waals surface area contributed by atoms with Crippen molar-refractivity contribution < 1.29 is 23.5 Å². The standard InChI is InChI=1S/C23H35FN4O4/c1-23(2,3)32-22(31)26(4)14-17-6-5-12-27(15-17)16-21(30)28(13-11-20(25)29)19-9-7-18(24)8-10-19/h7-10,17H,5-6,11-16H2,1-4H3,(H2,25,29). The highest BCUT2D eigenvalue weighted by atomic mass is 19.1. The lowest BCUT2D eigenvalue weighted by molar-refractivity contribution is -0.120. The highest BCUT2D eigenvalue weighted by Gasteiger charge is 2.27. The number of rotatable bonds is 8. The van der Waals surface area contributed by atoms with Gasteiger partial charge in [0.25, 0.3) is 0 Å². The number of anilines is 1. The van der Waals surface area contributed by atoms with Gasteiger partial charge in [0, 0.05) is 38.8 Å². The maximum Gasteiger partial charge on any atom is 0.410 e. The Morgan fingerprint density at radius 2 is 1.88 bits per heavy atom. The van der Waals surface area contributed by atoms with Crippen LogP contribution in [0, 0.1) is 11.7 Å². The van der Waals surface area contributed by atoms with Crippen molar-refractivity contribution >= 4 is 23.6 Å². The van der Waals surface area contributed by atoms with Crippen molar-refractivity contribution in [1.82, 2.24) is 9.80 Å². The third-order valence-corrected chi connectivity index (χ3v) is 5.22. The summed E-state index contributed by atoms with van der Waals surface area (Å²) in [4.78, 5) is 41.7. The fraction of sp³-hybridized carbons (Fsp3) is 0.609. The summed E-state index contributed by atoms with van der Waals surface area (Å²) in [5.41, 5.74) is 5.24. The molecule has 3 amide bonds. The molecule has 2 rings (SSSR count). The highest BCUT2D eigenvalue weighted by molar-refractivity contribution is 5.95. The molecule has 1 unspecified atom stereocenters. The number of hydrogen-bond acceptors (Lipinski definition) is 5. The number of nitrogens with two attached hydrogens (primary N) is 1. The second-order valence-corrected chi connectivity index (χ2v) is 9.34. The van der Waals surface area contributed by atoms with Gasteiger partial charge in [-0.1, -0.05) is 0 Å². The van der Waals surface area contributed by atoms with Crippen molar-refractivity contribution in [3.63, 3.8) is 0 Å². The van der Waals surface area contributed by atoms with Crippen LogP contribution >= 0.6 is 0 Å². The number of likely N-dealkylation sites (tertiary alicyclic amines) is 1. The van der Waals surface area contributed by atoms with Crippen LogP contribution in [-0.4, -0.2) is 73.1 Å². The Balaban J connectivity index is 1.98. The van der Waals surface area contributed by atoms with Gasteiger partial charge in [-0.2, -0.15) is 0 Å². The van der Waals surface area contributed by atoms with Crippen LogP contribution in [0.4, 0.5) is 14.9 Å². The number of halogens is 1. The van der Waals surface area contributed by atoms with Gasteiger partial charge in [0.15, 0.2) is 0 Å². The van der Waals surface area contributed by atoms with E-state index < -0.39 is 17.3 Å². The highest BCUT2D eigenvalue weighted by Crippen LogP contribution is 2.20. The first-order valence-corrected chi connectivity index (χ1v) is 11.0. The van der Waals surface area contributed by atoms with Gasteiger partial charge in [0.2, 0.25) is 11.8 Å². The average Bonchev–Trinajstić information content (AvgIpc) is 2.68. The molecule has 0 aromatic heterocycles. The van der Waals surface area contributed by atoms with Crippen LogP contribution in [-0.2, 0) is 14.3 Å². The van der Waals surface area contributed by atoms with Crippen LogP contribution in [0.5, 0.6) is 0 Å². The van der Waals surface area contributed by atoms with Crippen LogP contribution in [0.2, 0.25) is 0 Å². The summed E-state index contributed by atoms with van der Waals surface area (Å²) in [5, 5.41) is 0. The number of amides is 3. The summed E-state index contributed by atoms with van der Waals surface area (Å²) < 4.78 is 18.7. The molecule has 0 aliphatic carbocycles. The Morgan fingerprint density at radius 1 is 1.22 bits per heavy atom. The molecule has 1 fully saturated rings. The van der Waals surface area contributed by atoms with E-state index in [-0.39, 0.29) is 37.4 Å². The van der Waals surface area contributed by atoms with Gasteiger partial charge in [-0.25, -0.2) is 9.18 Å². The van der Waals surface area contributed by atoms with E-state index >= 15 is 0 Å². The first-order valence-electron chi connectivity index (χ1n) is 11.0. The third kappa shape index (κ3) is 8.45. The predicted octanol–water partition coefficient (Wildman–Crippen LogP) is 2.61. The minimum atomic E-state index is -0.551. The number of carbonyl (C=O) groups excluding carboxylic acids is 3. The first-order chi connectivity index (χ1) is 14.9. The molecule has 1 aromatic rings. The lowest BCUT2D eigenvalue weighted by Gasteiger charge is -2.35. The van der Waals surface area contributed by atoms with Crippen LogP contribution < -0.4 is 10.6 Å². The molecule has 8 nitrogen and oxygen atoms in total. The fourth-order valence-corrected chi connectivity index (χ4v) is 3.76. The van der Waals surface area contributed by atoms with Crippen molar-refractivity contribution in [2.45, 2.75) is 45.6 Å². The summed E-state index contributed by atoms with van der Waals surface area (Å²) >= 11 is 0. The number of benzene rings is 1. The van der Waals surface area contributed by atoms with E-state index in [9.17, 15) is 18.8 Å². The topological polar surface area (TPSA) is 96.2 Å². The molecule has 1 aliphatic rings. The van der Waals surface area contributed by atoms with E-state index in [0.29, 0.717) is 18.8 Å². The van der Waals surface area contributed by atoms with Gasteiger partial charge in [0.05, 0.1) is 6.54 Å². The van der Waals surface area contributed by atoms with Crippen molar-refractivity contribution in [2.75, 3.05) is 44.7 Å². The molecule has 0 bridgehead atoms. The second kappa shape index (κ2) is 11.3. The summed E-state index contributed by atoms with van der Waals surface area (Å²) in [6.07, 6.45) is 1.53. The molecule has 1 saturated heterocycles. The summed E-state index contributed by atoms with van der Waals surface area (Å²) in [5.74, 6) is -0.866. The third-order valence-electron chi connectivity index (χ3n) is 5.22. The largest absolute Gasteiger partial charge is 0.444 e. The summed E-state index contributed by atoms with van der Waals surface area (Å²) in [6, 6.07) is 5.60. The Bertz CT molecular complexity index is 794. The van der Waals surface area contributed by atoms with E-state index in [2.05, 4.69) is 4.90 Å². The molecule has 0 radical (unpaired) electrons. The SMILES string of the molecule is CN(CC1CCCN(CC(=O)N(CCC(N)=O)c2ccc(F)cc2)C1)C(=O)OC(C)(C)C. The van der Waals surface area contributed by atoms with E-state index in [1.165, 1.54) is 29.2 Å². The number of hydrogen-bond donors (Lipinski definition) is 1. The van der Waals surface area contributed by atoms with Gasteiger partial charge in [-0.15, -0.1) is 0 Å². The quantitative estimate of drug-likeness (QED) is 0.657. The van der Waals surface area contributed by atoms with E-state index in [0.717, 1.165) is 19.4 Å². The normalized spacial score (nSPS) is 17.0. The number of nitrogens with zero attached hydrogens (tertiary/aromatic N) is 3. The smallest absolute Gasteiger partial charge is 0.410 e. The molecule has 0 saturated carbocycles. The molecule has 1 aliphatic heterocycles. The number of carbonyl (C=O) groups is 3. The molecule has 32 heavy (non-hydrogen) atoms. The monoisotopic (exact) mass is 450 g/mol. The first kappa shape index (κ1) is 25.6. The van der Waals surface area contributed by atoms with Gasteiger partial charge in [0.1, 0.15) is 11.4 Å². The second-order valence-electron chi connectivity index (χ2n) is 9.34. The number of primary amides is 1. The van der Waals surface area contributed by atoms with E-state index in [4.69, 9.17) is 10.5 Å². The van der Waals surface area contributed by atoms with Gasteiger partial charge < -0.3 is 20.3 Å². The van der Waals surface area contributed by atoms with Gasteiger partial charge in [-0.05, 0) is 70.3 Å². The molecular weight excluding hydrogens is 415 g/mol. The maximum absolute atomic E-state index is 13.3. The Hall–Kier alpha value is -2.68. The average molecular weight is 451 g/mol. The lowest BCUT2D eigenvalue weighted by Crippen LogP contribution is -2.47. The van der Waals surface area contributed by atoms with Crippen molar-refractivity contribution in [3.05, 3.63) is 30.1 Å². The van der Waals surface area contributed by atoms with E-state index in [1.54, 1.807) is 11.9 Å². The fourth-order valence-electron chi connectivity index (χ4n) is 3.76. The molecule has 9 heteroatoms. The number of ether oxygens (including phenoxy) is 1. The molecule has 1 heterocycles. The summed E-state index contributed by atoms with van der Waals surface area (Å²) in [7, 11) is 1.72. The zero-order valence-electron chi connectivity index (χ0n) is 19.5. The Kier molecular flexibility index (Phi) is 9.00. The van der Waals surface area contributed by atoms with Crippen LogP contribution in [0.3, 0.4) is 0 Å². The van der Waals surface area contributed by atoms with Crippen LogP contribution in [0.1, 0.15) is 40.0 Å². The predicted molar refractivity (Wildman–Crippen MR) is 121 cm³/mol. The van der Waals surface area contributed by atoms with Crippen LogP contribution in [0.25, 0.3) is 0 Å². The van der Waals surface area contributed by atoms with Crippen molar-refractivity contribution in [1.29, 1.82) is 0 Å². The van der Waals surface area contributed by atoms with Crippen LogP contribution in [0.15, 0.2) is 24.3 Å². The Morgan fingerprint density at radius 3 is 2.47 bits per heavy atom. The number of piperidine rings is 1. The van der Waals surface area contributed by atoms with Crippen molar-refractivity contribution in [2.24, 2.45) is 11.7 Å². The van der Waals surface area contributed by atoms with Gasteiger partial charge in [-0.3, -0.25) is 14.5 Å². The molecule has 2 N–H and O–H groups in total. The molecule has 1 atom stereocenters. The zero-order chi connectivity index (χ0) is 23.9. The minimum Gasteiger partial charge on any atom is -0.444 e. The maximum atomic E-state index is 13.3.